The number of aliphatic hydroxyl groups excluding tert-OH is 1. The lowest BCUT2D eigenvalue weighted by Gasteiger charge is -2.62. The monoisotopic (exact) mass is 540 g/mol. The van der Waals surface area contributed by atoms with Gasteiger partial charge in [0.15, 0.2) is 18.2 Å². The molecule has 4 aliphatic rings. The minimum atomic E-state index is -1.38. The Balaban J connectivity index is 1.45. The van der Waals surface area contributed by atoms with Gasteiger partial charge in [-0.1, -0.05) is 33.8 Å². The number of Topliss-reactive ketones (excluding diaryl/α,β-unsaturated/α-hetero) is 1. The van der Waals surface area contributed by atoms with Crippen LogP contribution in [0.25, 0.3) is 0 Å². The van der Waals surface area contributed by atoms with E-state index in [4.69, 9.17) is 20.6 Å². The Morgan fingerprint density at radius 3 is 2.77 bits per heavy atom. The SMILES string of the molecule is C#CC[C@]1(C)C[C@@H](OC(=O)COc2ccc3c(c2F)B(O)OC3)[C@]2(C)[C@H](C)CC[C@]3(CCC(=O)[C@H]32)[C@@H](C)[C@@H]1O. The van der Waals surface area contributed by atoms with Crippen LogP contribution >= 0.6 is 0 Å². The first-order chi connectivity index (χ1) is 18.4. The predicted octanol–water partition coefficient (Wildman–Crippen LogP) is 3.17. The second-order valence-electron chi connectivity index (χ2n) is 12.8. The molecule has 3 fully saturated rings. The van der Waals surface area contributed by atoms with Gasteiger partial charge >= 0.3 is 13.1 Å². The molecule has 0 spiro atoms. The molecular weight excluding hydrogens is 502 g/mol. The second-order valence-corrected chi connectivity index (χ2v) is 12.8. The number of fused-ring (bicyclic) bond motifs is 1. The van der Waals surface area contributed by atoms with Crippen LogP contribution in [-0.4, -0.2) is 47.8 Å². The van der Waals surface area contributed by atoms with Gasteiger partial charge in [0.25, 0.3) is 0 Å². The highest BCUT2D eigenvalue weighted by Crippen LogP contribution is 2.68. The third kappa shape index (κ3) is 4.22. The molecule has 1 aromatic carbocycles. The highest BCUT2D eigenvalue weighted by molar-refractivity contribution is 6.61. The number of hydrogen-bond acceptors (Lipinski definition) is 7. The van der Waals surface area contributed by atoms with Gasteiger partial charge in [0.05, 0.1) is 12.7 Å². The van der Waals surface area contributed by atoms with E-state index in [1.165, 1.54) is 6.07 Å². The Morgan fingerprint density at radius 1 is 1.31 bits per heavy atom. The lowest BCUT2D eigenvalue weighted by molar-refractivity contribution is -0.212. The summed E-state index contributed by atoms with van der Waals surface area (Å²) in [6, 6.07) is 2.99. The summed E-state index contributed by atoms with van der Waals surface area (Å²) >= 11 is 0. The number of carbonyl (C=O) groups excluding carboxylic acids is 2. The van der Waals surface area contributed by atoms with Crippen LogP contribution in [0.2, 0.25) is 0 Å². The van der Waals surface area contributed by atoms with Crippen molar-refractivity contribution in [2.24, 2.45) is 34.0 Å². The fourth-order valence-corrected chi connectivity index (χ4v) is 8.46. The summed E-state index contributed by atoms with van der Waals surface area (Å²) in [5.74, 6) is 0.839. The van der Waals surface area contributed by atoms with Crippen molar-refractivity contribution >= 4 is 24.3 Å². The fraction of sp³-hybridized carbons (Fsp3) is 0.667. The lowest BCUT2D eigenvalue weighted by atomic mass is 9.43. The van der Waals surface area contributed by atoms with E-state index in [0.29, 0.717) is 31.2 Å². The maximum absolute atomic E-state index is 15.0. The van der Waals surface area contributed by atoms with Crippen LogP contribution in [0.1, 0.15) is 71.8 Å². The average Bonchev–Trinajstić information content (AvgIpc) is 3.45. The molecule has 1 heterocycles. The zero-order chi connectivity index (χ0) is 28.3. The number of carbonyl (C=O) groups is 2. The molecule has 0 saturated heterocycles. The standard InChI is InChI=1S/C30H38BFO7/c1-6-11-28(4)14-22(39-23(34)16-37-21-8-7-19-15-38-31(36)24(19)25(21)32)29(5)17(2)9-12-30(18(3)27(28)35)13-10-20(33)26(29)30/h1,7-8,17-18,22,26-27,35-36H,9-16H2,2-5H3/t17-,18+,22-,26+,27+,28-,29+,30+/m1/s1. The summed E-state index contributed by atoms with van der Waals surface area (Å²) in [4.78, 5) is 26.8. The van der Waals surface area contributed by atoms with Gasteiger partial charge in [-0.05, 0) is 54.6 Å². The molecule has 0 amide bonds. The molecule has 1 aromatic rings. The Labute approximate surface area is 229 Å². The van der Waals surface area contributed by atoms with E-state index in [1.807, 2.05) is 6.92 Å². The van der Waals surface area contributed by atoms with Crippen LogP contribution in [0.5, 0.6) is 5.75 Å². The molecule has 3 aliphatic carbocycles. The quantitative estimate of drug-likeness (QED) is 0.336. The summed E-state index contributed by atoms with van der Waals surface area (Å²) in [7, 11) is -1.38. The van der Waals surface area contributed by atoms with Crippen molar-refractivity contribution in [1.82, 2.24) is 0 Å². The number of ether oxygens (including phenoxy) is 2. The summed E-state index contributed by atoms with van der Waals surface area (Å²) in [6.45, 7) is 7.70. The Morgan fingerprint density at radius 2 is 2.05 bits per heavy atom. The zero-order valence-corrected chi connectivity index (χ0v) is 23.2. The van der Waals surface area contributed by atoms with Crippen LogP contribution < -0.4 is 10.2 Å². The number of aliphatic hydroxyl groups is 1. The Kier molecular flexibility index (Phi) is 7.14. The first-order valence-electron chi connectivity index (χ1n) is 14.0. The Hall–Kier alpha value is -2.41. The predicted molar refractivity (Wildman–Crippen MR) is 142 cm³/mol. The van der Waals surface area contributed by atoms with Crippen LogP contribution in [-0.2, 0) is 25.6 Å². The summed E-state index contributed by atoms with van der Waals surface area (Å²) in [6.07, 6.45) is 7.74. The van der Waals surface area contributed by atoms with E-state index in [-0.39, 0.29) is 46.8 Å². The van der Waals surface area contributed by atoms with Crippen molar-refractivity contribution in [3.8, 4) is 18.1 Å². The largest absolute Gasteiger partial charge is 0.494 e. The highest BCUT2D eigenvalue weighted by Gasteiger charge is 2.68. The smallest absolute Gasteiger partial charge is 0.479 e. The van der Waals surface area contributed by atoms with Gasteiger partial charge in [0.2, 0.25) is 0 Å². The molecule has 9 heteroatoms. The van der Waals surface area contributed by atoms with Gasteiger partial charge in [-0.15, -0.1) is 12.3 Å². The molecule has 210 valence electrons. The maximum Gasteiger partial charge on any atom is 0.494 e. The Bertz CT molecular complexity index is 1210. The normalized spacial score (nSPS) is 39.3. The second kappa shape index (κ2) is 9.90. The van der Waals surface area contributed by atoms with Crippen molar-refractivity contribution < 1.29 is 38.2 Å². The average molecular weight is 540 g/mol. The van der Waals surface area contributed by atoms with E-state index < -0.39 is 48.5 Å². The summed E-state index contributed by atoms with van der Waals surface area (Å²) in [5.41, 5.74) is -1.25. The minimum absolute atomic E-state index is 0.00803. The van der Waals surface area contributed by atoms with Crippen LogP contribution in [0.3, 0.4) is 0 Å². The highest BCUT2D eigenvalue weighted by atomic mass is 19.1. The maximum atomic E-state index is 15.0. The molecule has 0 unspecified atom stereocenters. The number of rotatable bonds is 5. The summed E-state index contributed by atoms with van der Waals surface area (Å²) < 4.78 is 31.7. The van der Waals surface area contributed by atoms with Gasteiger partial charge in [-0.3, -0.25) is 4.79 Å². The fourth-order valence-electron chi connectivity index (χ4n) is 8.46. The van der Waals surface area contributed by atoms with Crippen molar-refractivity contribution in [2.45, 2.75) is 85.0 Å². The van der Waals surface area contributed by atoms with Gasteiger partial charge in [0, 0.05) is 35.1 Å². The number of ketones is 1. The van der Waals surface area contributed by atoms with Gasteiger partial charge < -0.3 is 24.3 Å². The molecule has 5 rings (SSSR count). The number of terminal acetylenes is 1. The molecule has 39 heavy (non-hydrogen) atoms. The van der Waals surface area contributed by atoms with Crippen LogP contribution in [0.4, 0.5) is 4.39 Å². The third-order valence-corrected chi connectivity index (χ3v) is 10.9. The minimum Gasteiger partial charge on any atom is -0.479 e. The molecular formula is C30H38BFO7. The number of halogens is 1. The van der Waals surface area contributed by atoms with Gasteiger partial charge in [0.1, 0.15) is 11.9 Å². The molecule has 1 aliphatic heterocycles. The molecule has 0 radical (unpaired) electrons. The molecule has 8 atom stereocenters. The molecule has 7 nitrogen and oxygen atoms in total. The number of hydrogen-bond donors (Lipinski definition) is 2. The topological polar surface area (TPSA) is 102 Å². The van der Waals surface area contributed by atoms with Crippen molar-refractivity contribution in [3.05, 3.63) is 23.5 Å². The third-order valence-electron chi connectivity index (χ3n) is 10.9. The van der Waals surface area contributed by atoms with E-state index in [1.54, 1.807) is 6.07 Å². The van der Waals surface area contributed by atoms with Crippen molar-refractivity contribution in [2.75, 3.05) is 6.61 Å². The molecule has 2 N–H and O–H groups in total. The van der Waals surface area contributed by atoms with E-state index in [0.717, 1.165) is 12.8 Å². The van der Waals surface area contributed by atoms with E-state index in [2.05, 4.69) is 26.7 Å². The molecule has 3 saturated carbocycles. The molecule has 0 aromatic heterocycles. The zero-order valence-electron chi connectivity index (χ0n) is 23.2. The van der Waals surface area contributed by atoms with Crippen molar-refractivity contribution in [3.63, 3.8) is 0 Å². The number of benzene rings is 1. The van der Waals surface area contributed by atoms with E-state index in [9.17, 15) is 24.1 Å². The van der Waals surface area contributed by atoms with Crippen LogP contribution in [0, 0.1) is 52.2 Å². The van der Waals surface area contributed by atoms with Gasteiger partial charge in [-0.2, -0.15) is 0 Å². The number of esters is 1. The van der Waals surface area contributed by atoms with Crippen LogP contribution in [0.15, 0.2) is 12.1 Å². The summed E-state index contributed by atoms with van der Waals surface area (Å²) in [5, 5.41) is 21.6. The lowest BCUT2D eigenvalue weighted by Crippen LogP contribution is -2.63. The first kappa shape index (κ1) is 28.1. The van der Waals surface area contributed by atoms with E-state index >= 15 is 0 Å². The van der Waals surface area contributed by atoms with Crippen molar-refractivity contribution in [1.29, 1.82) is 0 Å². The van der Waals surface area contributed by atoms with Gasteiger partial charge in [-0.25, -0.2) is 9.18 Å². The molecule has 2 bridgehead atoms. The first-order valence-corrected chi connectivity index (χ1v) is 14.0.